The van der Waals surface area contributed by atoms with Crippen LogP contribution in [0.1, 0.15) is 36.7 Å². The molecule has 5 heteroatoms. The zero-order valence-electron chi connectivity index (χ0n) is 14.1. The average molecular weight is 305 g/mol. The highest BCUT2D eigenvalue weighted by atomic mass is 16.2. The first-order valence-corrected chi connectivity index (χ1v) is 7.67. The van der Waals surface area contributed by atoms with Crippen LogP contribution in [0.4, 0.5) is 0 Å². The highest BCUT2D eigenvalue weighted by molar-refractivity contribution is 5.97. The van der Waals surface area contributed by atoms with Crippen LogP contribution in [0.15, 0.2) is 24.3 Å². The Bertz CT molecular complexity index is 514. The van der Waals surface area contributed by atoms with Crippen LogP contribution in [0.2, 0.25) is 0 Å². The van der Waals surface area contributed by atoms with Crippen molar-refractivity contribution in [2.24, 2.45) is 5.92 Å². The number of hydrogen-bond acceptors (Lipinski definition) is 3. The van der Waals surface area contributed by atoms with Gasteiger partial charge in [0, 0.05) is 18.2 Å². The summed E-state index contributed by atoms with van der Waals surface area (Å²) in [7, 11) is 1.84. The molecule has 2 atom stereocenters. The number of benzene rings is 1. The molecule has 0 aromatic heterocycles. The smallest absolute Gasteiger partial charge is 0.251 e. The summed E-state index contributed by atoms with van der Waals surface area (Å²) in [4.78, 5) is 24.6. The summed E-state index contributed by atoms with van der Waals surface area (Å²) in [5.74, 6) is -0.365. The Labute approximate surface area is 132 Å². The van der Waals surface area contributed by atoms with Gasteiger partial charge in [0.1, 0.15) is 6.04 Å². The highest BCUT2D eigenvalue weighted by Gasteiger charge is 2.24. The summed E-state index contributed by atoms with van der Waals surface area (Å²) in [5.41, 5.74) is 1.59. The number of nitrogens with one attached hydrogen (secondary N) is 3. The first-order valence-electron chi connectivity index (χ1n) is 7.67. The minimum atomic E-state index is -0.544. The monoisotopic (exact) mass is 305 g/mol. The quantitative estimate of drug-likeness (QED) is 0.714. The molecule has 0 saturated carbocycles. The molecule has 0 fully saturated rings. The molecule has 2 amide bonds. The minimum absolute atomic E-state index is 0.0126. The van der Waals surface area contributed by atoms with Crippen molar-refractivity contribution in [2.75, 3.05) is 13.6 Å². The Hall–Kier alpha value is -1.88. The molecule has 1 aromatic carbocycles. The van der Waals surface area contributed by atoms with Gasteiger partial charge in [0.05, 0.1) is 0 Å². The van der Waals surface area contributed by atoms with Gasteiger partial charge in [0.2, 0.25) is 5.91 Å². The predicted octanol–water partition coefficient (Wildman–Crippen LogP) is 1.47. The molecule has 1 rings (SSSR count). The standard InChI is InChI=1S/C17H27N3O2/c1-11(2)15(17(22)19-10-13(4)18-5)20-16(21)14-8-6-7-12(3)9-14/h6-9,11,13,15,18H,10H2,1-5H3,(H,19,22)(H,20,21). The Morgan fingerprint density at radius 1 is 1.18 bits per heavy atom. The second-order valence-electron chi connectivity index (χ2n) is 6.00. The van der Waals surface area contributed by atoms with Crippen LogP contribution < -0.4 is 16.0 Å². The number of aryl methyl sites for hydroxylation is 1. The SMILES string of the molecule is CNC(C)CNC(=O)C(NC(=O)c1cccc(C)c1)C(C)C. The third kappa shape index (κ3) is 5.48. The fourth-order valence-electron chi connectivity index (χ4n) is 2.01. The Morgan fingerprint density at radius 3 is 2.41 bits per heavy atom. The van der Waals surface area contributed by atoms with Gasteiger partial charge in [-0.1, -0.05) is 31.5 Å². The third-order valence-corrected chi connectivity index (χ3v) is 3.59. The molecule has 0 bridgehead atoms. The molecular formula is C17H27N3O2. The van der Waals surface area contributed by atoms with Gasteiger partial charge in [0.15, 0.2) is 0 Å². The van der Waals surface area contributed by atoms with E-state index in [0.717, 1.165) is 5.56 Å². The normalized spacial score (nSPS) is 13.5. The van der Waals surface area contributed by atoms with Gasteiger partial charge in [-0.3, -0.25) is 9.59 Å². The lowest BCUT2D eigenvalue weighted by Gasteiger charge is -2.23. The lowest BCUT2D eigenvalue weighted by Crippen LogP contribution is -2.51. The van der Waals surface area contributed by atoms with Crippen LogP contribution in [0, 0.1) is 12.8 Å². The van der Waals surface area contributed by atoms with E-state index in [1.807, 2.05) is 52.9 Å². The Balaban J connectivity index is 2.71. The summed E-state index contributed by atoms with van der Waals surface area (Å²) in [6.45, 7) is 8.28. The number of carbonyl (C=O) groups is 2. The van der Waals surface area contributed by atoms with Crippen molar-refractivity contribution in [2.45, 2.75) is 39.8 Å². The van der Waals surface area contributed by atoms with E-state index in [9.17, 15) is 9.59 Å². The first kappa shape index (κ1) is 18.2. The van der Waals surface area contributed by atoms with Crippen LogP contribution in [-0.4, -0.2) is 37.5 Å². The van der Waals surface area contributed by atoms with Crippen molar-refractivity contribution in [3.63, 3.8) is 0 Å². The van der Waals surface area contributed by atoms with Gasteiger partial charge < -0.3 is 16.0 Å². The van der Waals surface area contributed by atoms with E-state index in [2.05, 4.69) is 16.0 Å². The molecule has 122 valence electrons. The van der Waals surface area contributed by atoms with Gasteiger partial charge >= 0.3 is 0 Å². The van der Waals surface area contributed by atoms with Gasteiger partial charge in [0.25, 0.3) is 5.91 Å². The number of rotatable bonds is 7. The summed E-state index contributed by atoms with van der Waals surface area (Å²) in [5, 5.41) is 8.76. The molecule has 5 nitrogen and oxygen atoms in total. The molecule has 0 radical (unpaired) electrons. The maximum Gasteiger partial charge on any atom is 0.251 e. The largest absolute Gasteiger partial charge is 0.353 e. The average Bonchev–Trinajstić information content (AvgIpc) is 2.49. The van der Waals surface area contributed by atoms with E-state index < -0.39 is 6.04 Å². The van der Waals surface area contributed by atoms with Crippen LogP contribution >= 0.6 is 0 Å². The number of carbonyl (C=O) groups excluding carboxylic acids is 2. The zero-order chi connectivity index (χ0) is 16.7. The molecule has 0 saturated heterocycles. The van der Waals surface area contributed by atoms with Crippen molar-refractivity contribution in [3.8, 4) is 0 Å². The third-order valence-electron chi connectivity index (χ3n) is 3.59. The highest BCUT2D eigenvalue weighted by Crippen LogP contribution is 2.07. The Kier molecular flexibility index (Phi) is 7.05. The van der Waals surface area contributed by atoms with Crippen LogP contribution in [0.3, 0.4) is 0 Å². The van der Waals surface area contributed by atoms with Crippen LogP contribution in [0.5, 0.6) is 0 Å². The molecular weight excluding hydrogens is 278 g/mol. The van der Waals surface area contributed by atoms with Gasteiger partial charge in [-0.2, -0.15) is 0 Å². The van der Waals surface area contributed by atoms with Crippen molar-refractivity contribution < 1.29 is 9.59 Å². The molecule has 0 heterocycles. The lowest BCUT2D eigenvalue weighted by molar-refractivity contribution is -0.124. The number of likely N-dealkylation sites (N-methyl/N-ethyl adjacent to an activating group) is 1. The van der Waals surface area contributed by atoms with Crippen molar-refractivity contribution >= 4 is 11.8 Å². The predicted molar refractivity (Wildman–Crippen MR) is 88.8 cm³/mol. The van der Waals surface area contributed by atoms with Crippen molar-refractivity contribution in [1.29, 1.82) is 0 Å². The fraction of sp³-hybridized carbons (Fsp3) is 0.529. The summed E-state index contributed by atoms with van der Waals surface area (Å²) in [6, 6.07) is 6.97. The lowest BCUT2D eigenvalue weighted by atomic mass is 10.0. The molecule has 0 aliphatic carbocycles. The van der Waals surface area contributed by atoms with E-state index in [1.54, 1.807) is 6.07 Å². The Morgan fingerprint density at radius 2 is 1.86 bits per heavy atom. The molecule has 0 aliphatic heterocycles. The zero-order valence-corrected chi connectivity index (χ0v) is 14.1. The number of hydrogen-bond donors (Lipinski definition) is 3. The molecule has 22 heavy (non-hydrogen) atoms. The fourth-order valence-corrected chi connectivity index (χ4v) is 2.01. The van der Waals surface area contributed by atoms with E-state index in [-0.39, 0.29) is 23.8 Å². The van der Waals surface area contributed by atoms with E-state index in [1.165, 1.54) is 0 Å². The van der Waals surface area contributed by atoms with Crippen LogP contribution in [-0.2, 0) is 4.79 Å². The van der Waals surface area contributed by atoms with Gasteiger partial charge in [-0.25, -0.2) is 0 Å². The maximum atomic E-state index is 12.3. The minimum Gasteiger partial charge on any atom is -0.353 e. The molecule has 1 aromatic rings. The van der Waals surface area contributed by atoms with Crippen molar-refractivity contribution in [3.05, 3.63) is 35.4 Å². The number of amides is 2. The molecule has 2 unspecified atom stereocenters. The van der Waals surface area contributed by atoms with Gasteiger partial charge in [-0.15, -0.1) is 0 Å². The molecule has 3 N–H and O–H groups in total. The van der Waals surface area contributed by atoms with Gasteiger partial charge in [-0.05, 0) is 38.9 Å². The molecule has 0 spiro atoms. The summed E-state index contributed by atoms with van der Waals surface area (Å²) >= 11 is 0. The van der Waals surface area contributed by atoms with E-state index >= 15 is 0 Å². The molecule has 0 aliphatic rings. The summed E-state index contributed by atoms with van der Waals surface area (Å²) in [6.07, 6.45) is 0. The van der Waals surface area contributed by atoms with Crippen molar-refractivity contribution in [1.82, 2.24) is 16.0 Å². The second kappa shape index (κ2) is 8.54. The van der Waals surface area contributed by atoms with E-state index in [0.29, 0.717) is 12.1 Å². The summed E-state index contributed by atoms with van der Waals surface area (Å²) < 4.78 is 0. The first-order chi connectivity index (χ1) is 10.3. The maximum absolute atomic E-state index is 12.3. The van der Waals surface area contributed by atoms with Crippen LogP contribution in [0.25, 0.3) is 0 Å². The second-order valence-corrected chi connectivity index (χ2v) is 6.00. The topological polar surface area (TPSA) is 70.2 Å². The van der Waals surface area contributed by atoms with E-state index in [4.69, 9.17) is 0 Å².